The van der Waals surface area contributed by atoms with Crippen molar-refractivity contribution in [2.45, 2.75) is 13.8 Å². The number of hydrogen-bond donors (Lipinski definition) is 0. The number of carbonyl (C=O) groups is 2. The van der Waals surface area contributed by atoms with Crippen LogP contribution in [-0.2, 0) is 14.4 Å². The zero-order valence-corrected chi connectivity index (χ0v) is 6.94. The van der Waals surface area contributed by atoms with E-state index in [1.807, 2.05) is 0 Å². The fourth-order valence-corrected chi connectivity index (χ4v) is 0.577. The van der Waals surface area contributed by atoms with Gasteiger partial charge >= 0.3 is 0 Å². The van der Waals surface area contributed by atoms with Crippen molar-refractivity contribution in [1.82, 2.24) is 0 Å². The minimum Gasteiger partial charge on any atom is -0.293 e. The van der Waals surface area contributed by atoms with Crippen molar-refractivity contribution in [2.75, 3.05) is 0 Å². The molecule has 1 unspecified atom stereocenters. The summed E-state index contributed by atoms with van der Waals surface area (Å²) in [7, 11) is 0. The van der Waals surface area contributed by atoms with Gasteiger partial charge in [0.25, 0.3) is 0 Å². The number of carbonyl (C=O) groups excluding carboxylic acids is 3. The van der Waals surface area contributed by atoms with Crippen LogP contribution >= 0.6 is 11.6 Å². The van der Waals surface area contributed by atoms with E-state index in [9.17, 15) is 14.4 Å². The third-order valence-electron chi connectivity index (χ3n) is 1.26. The lowest BCUT2D eigenvalue weighted by atomic mass is 10.0. The lowest BCUT2D eigenvalue weighted by Gasteiger charge is -2.00. The van der Waals surface area contributed by atoms with Gasteiger partial charge in [-0.2, -0.15) is 0 Å². The first kappa shape index (κ1) is 10.1. The van der Waals surface area contributed by atoms with Crippen LogP contribution in [0.3, 0.4) is 0 Å². The highest BCUT2D eigenvalue weighted by atomic mass is 35.5. The van der Waals surface area contributed by atoms with Gasteiger partial charge in [-0.3, -0.25) is 9.59 Å². The number of hydrogen-bond acceptors (Lipinski definition) is 3. The number of rotatable bonds is 3. The molecule has 0 spiro atoms. The zero-order valence-electron chi connectivity index (χ0n) is 6.18. The van der Waals surface area contributed by atoms with Crippen molar-refractivity contribution in [2.24, 2.45) is 5.92 Å². The van der Waals surface area contributed by atoms with Crippen molar-refractivity contribution in [3.8, 4) is 0 Å². The van der Waals surface area contributed by atoms with Crippen molar-refractivity contribution in [1.29, 1.82) is 0 Å². The monoisotopic (exact) mass is 174 g/mol. The molecule has 11 heavy (non-hydrogen) atoms. The van der Waals surface area contributed by atoms with E-state index in [1.54, 1.807) is 0 Å². The Balaban J connectivity index is 4.51. The summed E-state index contributed by atoms with van der Waals surface area (Å²) >= 11 is 5.02. The van der Waals surface area contributed by atoms with E-state index in [0.717, 1.165) is 0 Å². The highest BCUT2D eigenvalue weighted by Gasteiger charge is 2.20. The molecule has 0 amide bonds. The Morgan fingerprint density at radius 1 is 1.45 bits per heavy atom. The van der Waals surface area contributed by atoms with Crippen molar-refractivity contribution < 1.29 is 14.4 Å². The Morgan fingerprint density at radius 3 is 2.18 bits per heavy atom. The van der Waals surface area contributed by atoms with Gasteiger partial charge in [-0.05, 0) is 25.4 Å². The van der Waals surface area contributed by atoms with E-state index in [-0.39, 0.29) is 5.57 Å². The highest BCUT2D eigenvalue weighted by Crippen LogP contribution is 2.06. The highest BCUT2D eigenvalue weighted by molar-refractivity contribution is 6.65. The molecule has 0 bridgehead atoms. The maximum Gasteiger partial charge on any atom is 0.232 e. The van der Waals surface area contributed by atoms with E-state index in [2.05, 4.69) is 0 Å². The lowest BCUT2D eigenvalue weighted by molar-refractivity contribution is -0.125. The molecule has 0 heterocycles. The van der Waals surface area contributed by atoms with Gasteiger partial charge in [-0.1, -0.05) is 0 Å². The summed E-state index contributed by atoms with van der Waals surface area (Å²) in [6, 6.07) is 0. The Labute approximate surface area is 69.0 Å². The topological polar surface area (TPSA) is 51.2 Å². The molecule has 0 N–H and O–H groups in total. The molecule has 0 saturated heterocycles. The Kier molecular flexibility index (Phi) is 3.72. The predicted octanol–water partition coefficient (Wildman–Crippen LogP) is 0.735. The van der Waals surface area contributed by atoms with Crippen molar-refractivity contribution >= 4 is 28.6 Å². The summed E-state index contributed by atoms with van der Waals surface area (Å²) in [5.41, 5.74) is -0.105. The van der Waals surface area contributed by atoms with Crippen LogP contribution in [0.1, 0.15) is 13.8 Å². The standard InChI is InChI=1S/C7H7ClO3/c1-4(3-9)6(10)5(2)7(8)11/h5H,1-2H3. The van der Waals surface area contributed by atoms with E-state index in [4.69, 9.17) is 11.6 Å². The number of halogens is 1. The molecule has 0 aliphatic heterocycles. The van der Waals surface area contributed by atoms with Crippen LogP contribution in [0, 0.1) is 5.92 Å². The van der Waals surface area contributed by atoms with E-state index >= 15 is 0 Å². The molecule has 4 heteroatoms. The molecule has 1 atom stereocenters. The fraction of sp³-hybridized carbons (Fsp3) is 0.429. The molecule has 0 aromatic carbocycles. The number of allylic oxidation sites excluding steroid dienone is 1. The SMILES string of the molecule is CC(=C=O)C(=O)C(C)C(=O)Cl. The van der Waals surface area contributed by atoms with Gasteiger partial charge < -0.3 is 0 Å². The van der Waals surface area contributed by atoms with Crippen LogP contribution in [0.15, 0.2) is 5.57 Å². The number of ketones is 1. The van der Waals surface area contributed by atoms with Crippen LogP contribution in [-0.4, -0.2) is 17.0 Å². The van der Waals surface area contributed by atoms with Gasteiger partial charge in [0.05, 0.1) is 11.5 Å². The molecule has 0 fully saturated rings. The maximum atomic E-state index is 10.9. The first-order valence-electron chi connectivity index (χ1n) is 2.96. The number of Topliss-reactive ketones (excluding diaryl/α,β-unsaturated/α-hetero) is 1. The third kappa shape index (κ3) is 2.66. The van der Waals surface area contributed by atoms with Crippen LogP contribution < -0.4 is 0 Å². The molecule has 0 rings (SSSR count). The molecule has 0 aliphatic rings. The second-order valence-corrected chi connectivity index (χ2v) is 2.49. The lowest BCUT2D eigenvalue weighted by Crippen LogP contribution is -2.17. The Hall–Kier alpha value is -0.920. The third-order valence-corrected chi connectivity index (χ3v) is 1.58. The average Bonchev–Trinajstić information content (AvgIpc) is 2.00. The molecule has 0 aromatic rings. The van der Waals surface area contributed by atoms with Gasteiger partial charge in [0.15, 0.2) is 5.78 Å². The molecule has 60 valence electrons. The Morgan fingerprint density at radius 2 is 1.91 bits per heavy atom. The van der Waals surface area contributed by atoms with Crippen LogP contribution in [0.25, 0.3) is 0 Å². The molecule has 0 saturated carbocycles. The van der Waals surface area contributed by atoms with Gasteiger partial charge in [-0.15, -0.1) is 0 Å². The first-order chi connectivity index (χ1) is 5.00. The second kappa shape index (κ2) is 4.06. The van der Waals surface area contributed by atoms with Gasteiger partial charge in [-0.25, -0.2) is 4.79 Å². The van der Waals surface area contributed by atoms with E-state index in [1.165, 1.54) is 19.8 Å². The van der Waals surface area contributed by atoms with Gasteiger partial charge in [0, 0.05) is 0 Å². The van der Waals surface area contributed by atoms with E-state index in [0.29, 0.717) is 0 Å². The van der Waals surface area contributed by atoms with Gasteiger partial charge in [0.2, 0.25) is 5.24 Å². The molecule has 0 aliphatic carbocycles. The molecule has 0 radical (unpaired) electrons. The second-order valence-electron chi connectivity index (χ2n) is 2.12. The summed E-state index contributed by atoms with van der Waals surface area (Å²) in [4.78, 5) is 31.3. The van der Waals surface area contributed by atoms with Crippen LogP contribution in [0.4, 0.5) is 0 Å². The minimum atomic E-state index is -0.946. The minimum absolute atomic E-state index is 0.105. The fourth-order valence-electron chi connectivity index (χ4n) is 0.478. The zero-order chi connectivity index (χ0) is 9.02. The molecule has 3 nitrogen and oxygen atoms in total. The summed E-state index contributed by atoms with van der Waals surface area (Å²) in [5, 5.41) is -0.760. The average molecular weight is 175 g/mol. The summed E-state index contributed by atoms with van der Waals surface area (Å²) in [5.74, 6) is -0.109. The quantitative estimate of drug-likeness (QED) is 0.274. The molecule has 0 aromatic heterocycles. The molecular weight excluding hydrogens is 168 g/mol. The predicted molar refractivity (Wildman–Crippen MR) is 39.9 cm³/mol. The van der Waals surface area contributed by atoms with Crippen LogP contribution in [0.5, 0.6) is 0 Å². The summed E-state index contributed by atoms with van der Waals surface area (Å²) in [6.45, 7) is 2.64. The molecular formula is C7H7ClO3. The smallest absolute Gasteiger partial charge is 0.232 e. The maximum absolute atomic E-state index is 10.9. The van der Waals surface area contributed by atoms with Crippen LogP contribution in [0.2, 0.25) is 0 Å². The first-order valence-corrected chi connectivity index (χ1v) is 3.33. The largest absolute Gasteiger partial charge is 0.293 e. The van der Waals surface area contributed by atoms with Gasteiger partial charge in [0.1, 0.15) is 5.94 Å². The summed E-state index contributed by atoms with van der Waals surface area (Å²) < 4.78 is 0. The van der Waals surface area contributed by atoms with Crippen molar-refractivity contribution in [3.63, 3.8) is 0 Å². The summed E-state index contributed by atoms with van der Waals surface area (Å²) in [6.07, 6.45) is 0. The van der Waals surface area contributed by atoms with E-state index < -0.39 is 16.9 Å². The Bertz CT molecular complexity index is 238. The van der Waals surface area contributed by atoms with Crippen molar-refractivity contribution in [3.05, 3.63) is 5.57 Å². The normalized spacial score (nSPS) is 11.5.